The minimum atomic E-state index is -0.604. The molecule has 0 aliphatic heterocycles. The van der Waals surface area contributed by atoms with Gasteiger partial charge < -0.3 is 5.32 Å². The van der Waals surface area contributed by atoms with Crippen LogP contribution in [0, 0.1) is 5.82 Å². The number of rotatable bonds is 3. The average Bonchev–Trinajstić information content (AvgIpc) is 2.54. The molecule has 1 amide bonds. The fourth-order valence-corrected chi connectivity index (χ4v) is 3.34. The van der Waals surface area contributed by atoms with E-state index in [1.54, 1.807) is 0 Å². The topological polar surface area (TPSA) is 29.1 Å². The maximum absolute atomic E-state index is 13.8. The predicted molar refractivity (Wildman–Crippen MR) is 90.4 cm³/mol. The summed E-state index contributed by atoms with van der Waals surface area (Å²) in [6.07, 6.45) is 4.66. The lowest BCUT2D eigenvalue weighted by molar-refractivity contribution is 0.0936. The standard InChI is InChI=1S/C19H19ClFNO/c1-12(14-10-9-13-5-2-3-6-15(13)11-14)22-19(23)18-16(20)7-4-8-17(18)21/h4,7-12H,2-3,5-6H2,1H3,(H,22,23). The van der Waals surface area contributed by atoms with Gasteiger partial charge in [-0.05, 0) is 61.4 Å². The molecular formula is C19H19ClFNO. The Bertz CT molecular complexity index is 724. The number of benzene rings is 2. The number of carbonyl (C=O) groups excluding carboxylic acids is 1. The number of hydrogen-bond acceptors (Lipinski definition) is 1. The Morgan fingerprint density at radius 2 is 1.91 bits per heavy atom. The molecule has 0 fully saturated rings. The van der Waals surface area contributed by atoms with Gasteiger partial charge in [-0.3, -0.25) is 4.79 Å². The fraction of sp³-hybridized carbons (Fsp3) is 0.316. The van der Waals surface area contributed by atoms with Gasteiger partial charge in [-0.1, -0.05) is 35.9 Å². The first-order chi connectivity index (χ1) is 11.1. The molecule has 1 unspecified atom stereocenters. The summed E-state index contributed by atoms with van der Waals surface area (Å²) in [6, 6.07) is 10.4. The van der Waals surface area contributed by atoms with Crippen LogP contribution in [-0.4, -0.2) is 5.91 Å². The van der Waals surface area contributed by atoms with Gasteiger partial charge in [0, 0.05) is 0 Å². The van der Waals surface area contributed by atoms with Gasteiger partial charge in [-0.2, -0.15) is 0 Å². The van der Waals surface area contributed by atoms with E-state index in [1.165, 1.54) is 42.2 Å². The molecule has 0 radical (unpaired) electrons. The Hall–Kier alpha value is -1.87. The van der Waals surface area contributed by atoms with Crippen molar-refractivity contribution in [2.24, 2.45) is 0 Å². The second-order valence-electron chi connectivity index (χ2n) is 6.03. The summed E-state index contributed by atoms with van der Waals surface area (Å²) in [5.74, 6) is -1.09. The zero-order valence-electron chi connectivity index (χ0n) is 13.0. The van der Waals surface area contributed by atoms with Crippen LogP contribution in [0.1, 0.15) is 52.9 Å². The van der Waals surface area contributed by atoms with E-state index in [2.05, 4.69) is 17.4 Å². The molecule has 2 nitrogen and oxygen atoms in total. The van der Waals surface area contributed by atoms with E-state index in [4.69, 9.17) is 11.6 Å². The first kappa shape index (κ1) is 16.0. The minimum absolute atomic E-state index is 0.0982. The Kier molecular flexibility index (Phi) is 4.67. The molecule has 1 N–H and O–H groups in total. The lowest BCUT2D eigenvalue weighted by atomic mass is 9.89. The highest BCUT2D eigenvalue weighted by Crippen LogP contribution is 2.25. The van der Waals surface area contributed by atoms with E-state index in [9.17, 15) is 9.18 Å². The molecule has 120 valence electrons. The quantitative estimate of drug-likeness (QED) is 0.856. The van der Waals surface area contributed by atoms with Crippen molar-refractivity contribution in [2.45, 2.75) is 38.6 Å². The van der Waals surface area contributed by atoms with Crippen LogP contribution in [0.2, 0.25) is 5.02 Å². The number of hydrogen-bond donors (Lipinski definition) is 1. The largest absolute Gasteiger partial charge is 0.345 e. The van der Waals surface area contributed by atoms with Crippen LogP contribution in [0.15, 0.2) is 36.4 Å². The summed E-state index contributed by atoms with van der Waals surface area (Å²) in [5, 5.41) is 2.96. The summed E-state index contributed by atoms with van der Waals surface area (Å²) in [7, 11) is 0. The van der Waals surface area contributed by atoms with E-state index >= 15 is 0 Å². The first-order valence-electron chi connectivity index (χ1n) is 7.93. The third-order valence-corrected chi connectivity index (χ3v) is 4.72. The number of carbonyl (C=O) groups is 1. The summed E-state index contributed by atoms with van der Waals surface area (Å²) in [4.78, 5) is 12.3. The zero-order chi connectivity index (χ0) is 16.4. The van der Waals surface area contributed by atoms with Crippen LogP contribution in [-0.2, 0) is 12.8 Å². The van der Waals surface area contributed by atoms with Gasteiger partial charge in [0.1, 0.15) is 5.82 Å². The fourth-order valence-electron chi connectivity index (χ4n) is 3.09. The second-order valence-corrected chi connectivity index (χ2v) is 6.43. The summed E-state index contributed by atoms with van der Waals surface area (Å²) in [6.45, 7) is 1.90. The van der Waals surface area contributed by atoms with Gasteiger partial charge in [0.2, 0.25) is 0 Å². The summed E-state index contributed by atoms with van der Waals surface area (Å²) in [5.41, 5.74) is 3.69. The van der Waals surface area contributed by atoms with Crippen molar-refractivity contribution in [3.63, 3.8) is 0 Å². The van der Waals surface area contributed by atoms with Crippen LogP contribution >= 0.6 is 11.6 Å². The van der Waals surface area contributed by atoms with E-state index in [1.807, 2.05) is 13.0 Å². The van der Waals surface area contributed by atoms with E-state index in [0.29, 0.717) is 0 Å². The molecule has 0 saturated carbocycles. The number of fused-ring (bicyclic) bond motifs is 1. The molecule has 3 rings (SSSR count). The van der Waals surface area contributed by atoms with Gasteiger partial charge >= 0.3 is 0 Å². The molecule has 2 aromatic carbocycles. The molecule has 1 atom stereocenters. The molecule has 0 spiro atoms. The summed E-state index contributed by atoms with van der Waals surface area (Å²) < 4.78 is 13.8. The van der Waals surface area contributed by atoms with Crippen molar-refractivity contribution < 1.29 is 9.18 Å². The van der Waals surface area contributed by atoms with Gasteiger partial charge in [0.05, 0.1) is 16.6 Å². The van der Waals surface area contributed by atoms with Gasteiger partial charge in [0.15, 0.2) is 0 Å². The predicted octanol–water partition coefficient (Wildman–Crippen LogP) is 4.85. The van der Waals surface area contributed by atoms with Gasteiger partial charge in [0.25, 0.3) is 5.91 Å². The third kappa shape index (κ3) is 3.40. The SMILES string of the molecule is CC(NC(=O)c1c(F)cccc1Cl)c1ccc2c(c1)CCCC2. The number of nitrogens with one attached hydrogen (secondary N) is 1. The van der Waals surface area contributed by atoms with Crippen molar-refractivity contribution in [3.05, 3.63) is 69.5 Å². The van der Waals surface area contributed by atoms with Crippen molar-refractivity contribution >= 4 is 17.5 Å². The van der Waals surface area contributed by atoms with Crippen molar-refractivity contribution in [3.8, 4) is 0 Å². The number of halogens is 2. The molecule has 1 aliphatic rings. The highest BCUT2D eigenvalue weighted by atomic mass is 35.5. The Balaban J connectivity index is 1.79. The van der Waals surface area contributed by atoms with Gasteiger partial charge in [-0.25, -0.2) is 4.39 Å². The van der Waals surface area contributed by atoms with Crippen molar-refractivity contribution in [1.82, 2.24) is 5.32 Å². The Labute approximate surface area is 140 Å². The number of aryl methyl sites for hydroxylation is 2. The average molecular weight is 332 g/mol. The van der Waals surface area contributed by atoms with Gasteiger partial charge in [-0.15, -0.1) is 0 Å². The molecular weight excluding hydrogens is 313 g/mol. The summed E-state index contributed by atoms with van der Waals surface area (Å²) >= 11 is 5.95. The molecule has 4 heteroatoms. The van der Waals surface area contributed by atoms with Crippen LogP contribution in [0.3, 0.4) is 0 Å². The highest BCUT2D eigenvalue weighted by molar-refractivity contribution is 6.33. The smallest absolute Gasteiger partial charge is 0.256 e. The van der Waals surface area contributed by atoms with E-state index < -0.39 is 11.7 Å². The highest BCUT2D eigenvalue weighted by Gasteiger charge is 2.19. The lowest BCUT2D eigenvalue weighted by Gasteiger charge is -2.20. The normalized spacial score (nSPS) is 14.9. The van der Waals surface area contributed by atoms with Crippen molar-refractivity contribution in [1.29, 1.82) is 0 Å². The second kappa shape index (κ2) is 6.71. The molecule has 0 aromatic heterocycles. The van der Waals surface area contributed by atoms with Crippen LogP contribution < -0.4 is 5.32 Å². The maximum atomic E-state index is 13.8. The van der Waals surface area contributed by atoms with Crippen LogP contribution in [0.4, 0.5) is 4.39 Å². The molecule has 0 saturated heterocycles. The van der Waals surface area contributed by atoms with E-state index in [0.717, 1.165) is 18.4 Å². The molecule has 23 heavy (non-hydrogen) atoms. The van der Waals surface area contributed by atoms with Crippen molar-refractivity contribution in [2.75, 3.05) is 0 Å². The molecule has 1 aliphatic carbocycles. The first-order valence-corrected chi connectivity index (χ1v) is 8.30. The molecule has 0 heterocycles. The maximum Gasteiger partial charge on any atom is 0.256 e. The zero-order valence-corrected chi connectivity index (χ0v) is 13.8. The van der Waals surface area contributed by atoms with Crippen LogP contribution in [0.25, 0.3) is 0 Å². The Morgan fingerprint density at radius 3 is 2.65 bits per heavy atom. The number of amides is 1. The lowest BCUT2D eigenvalue weighted by Crippen LogP contribution is -2.28. The molecule has 2 aromatic rings. The van der Waals surface area contributed by atoms with E-state index in [-0.39, 0.29) is 16.6 Å². The molecule has 0 bridgehead atoms. The third-order valence-electron chi connectivity index (χ3n) is 4.41. The monoisotopic (exact) mass is 331 g/mol. The minimum Gasteiger partial charge on any atom is -0.345 e. The van der Waals surface area contributed by atoms with Crippen LogP contribution in [0.5, 0.6) is 0 Å². The Morgan fingerprint density at radius 1 is 1.17 bits per heavy atom.